The van der Waals surface area contributed by atoms with Gasteiger partial charge in [-0.3, -0.25) is 0 Å². The lowest BCUT2D eigenvalue weighted by Crippen LogP contribution is -2.28. The van der Waals surface area contributed by atoms with E-state index in [1.165, 1.54) is 7.11 Å². The Bertz CT molecular complexity index is 352. The van der Waals surface area contributed by atoms with Crippen molar-refractivity contribution in [3.05, 3.63) is 27.7 Å². The van der Waals surface area contributed by atoms with Crippen molar-refractivity contribution in [2.24, 2.45) is 0 Å². The monoisotopic (exact) mass is 292 g/mol. The van der Waals surface area contributed by atoms with Crippen LogP contribution < -0.4 is 15.4 Å². The van der Waals surface area contributed by atoms with Crippen molar-refractivity contribution in [1.29, 1.82) is 0 Å². The summed E-state index contributed by atoms with van der Waals surface area (Å²) in [6, 6.07) is 3.67. The molecule has 0 saturated carbocycles. The smallest absolute Gasteiger partial charge is 0.156 e. The van der Waals surface area contributed by atoms with E-state index in [1.807, 2.05) is 12.1 Å². The molecule has 0 radical (unpaired) electrons. The van der Waals surface area contributed by atoms with Crippen LogP contribution in [0.5, 0.6) is 5.75 Å². The summed E-state index contributed by atoms with van der Waals surface area (Å²) in [6.45, 7) is 3.06. The standard InChI is InChI=1S/C12H18Cl2N2O2/c1-18-12-10(13)6-9(7-11(12)14)8-16-3-2-15-4-5-17/h6-7,15-17H,2-5,8H2,1H3. The summed E-state index contributed by atoms with van der Waals surface area (Å²) in [5.41, 5.74) is 1.01. The van der Waals surface area contributed by atoms with Crippen molar-refractivity contribution < 1.29 is 9.84 Å². The van der Waals surface area contributed by atoms with Crippen LogP contribution in [0.2, 0.25) is 10.0 Å². The number of aliphatic hydroxyl groups is 1. The highest BCUT2D eigenvalue weighted by molar-refractivity contribution is 6.37. The molecule has 0 aliphatic rings. The van der Waals surface area contributed by atoms with Gasteiger partial charge in [0.1, 0.15) is 0 Å². The van der Waals surface area contributed by atoms with Gasteiger partial charge in [-0.15, -0.1) is 0 Å². The van der Waals surface area contributed by atoms with E-state index in [1.54, 1.807) is 0 Å². The van der Waals surface area contributed by atoms with E-state index in [4.69, 9.17) is 33.0 Å². The van der Waals surface area contributed by atoms with Gasteiger partial charge in [0, 0.05) is 26.2 Å². The number of ether oxygens (including phenoxy) is 1. The molecule has 6 heteroatoms. The Morgan fingerprint density at radius 1 is 1.11 bits per heavy atom. The van der Waals surface area contributed by atoms with Crippen molar-refractivity contribution in [3.63, 3.8) is 0 Å². The van der Waals surface area contributed by atoms with Gasteiger partial charge in [-0.2, -0.15) is 0 Å². The number of methoxy groups -OCH3 is 1. The number of aliphatic hydroxyl groups excluding tert-OH is 1. The van der Waals surface area contributed by atoms with Crippen molar-refractivity contribution >= 4 is 23.2 Å². The maximum atomic E-state index is 8.59. The third kappa shape index (κ3) is 5.00. The van der Waals surface area contributed by atoms with Gasteiger partial charge in [-0.1, -0.05) is 23.2 Å². The third-order valence-corrected chi connectivity index (χ3v) is 2.92. The first kappa shape index (κ1) is 15.5. The lowest BCUT2D eigenvalue weighted by Gasteiger charge is -2.10. The number of rotatable bonds is 8. The largest absolute Gasteiger partial charge is 0.494 e. The van der Waals surface area contributed by atoms with E-state index in [9.17, 15) is 0 Å². The normalized spacial score (nSPS) is 10.7. The lowest BCUT2D eigenvalue weighted by atomic mass is 10.2. The molecule has 0 atom stereocenters. The fourth-order valence-corrected chi connectivity index (χ4v) is 2.21. The van der Waals surface area contributed by atoms with E-state index in [0.29, 0.717) is 28.9 Å². The van der Waals surface area contributed by atoms with Gasteiger partial charge in [0.15, 0.2) is 5.75 Å². The Morgan fingerprint density at radius 2 is 1.72 bits per heavy atom. The van der Waals surface area contributed by atoms with Gasteiger partial charge in [0.25, 0.3) is 0 Å². The average molecular weight is 293 g/mol. The summed E-state index contributed by atoms with van der Waals surface area (Å²) in [5, 5.41) is 15.9. The fourth-order valence-electron chi connectivity index (χ4n) is 1.52. The number of nitrogens with one attached hydrogen (secondary N) is 2. The zero-order chi connectivity index (χ0) is 13.4. The SMILES string of the molecule is COc1c(Cl)cc(CNCCNCCO)cc1Cl. The second-order valence-corrected chi connectivity index (χ2v) is 4.56. The molecule has 0 bridgehead atoms. The highest BCUT2D eigenvalue weighted by atomic mass is 35.5. The molecule has 0 unspecified atom stereocenters. The third-order valence-electron chi connectivity index (χ3n) is 2.36. The molecule has 18 heavy (non-hydrogen) atoms. The molecule has 1 rings (SSSR count). The summed E-state index contributed by atoms with van der Waals surface area (Å²) in [7, 11) is 1.54. The number of hydrogen-bond acceptors (Lipinski definition) is 4. The van der Waals surface area contributed by atoms with Gasteiger partial charge < -0.3 is 20.5 Å². The molecule has 0 heterocycles. The molecule has 1 aromatic carbocycles. The van der Waals surface area contributed by atoms with Gasteiger partial charge in [0.2, 0.25) is 0 Å². The molecular formula is C12H18Cl2N2O2. The summed E-state index contributed by atoms with van der Waals surface area (Å²) in [6.07, 6.45) is 0. The van der Waals surface area contributed by atoms with Gasteiger partial charge in [0.05, 0.1) is 23.8 Å². The molecule has 0 fully saturated rings. The first-order chi connectivity index (χ1) is 8.69. The Labute approximate surface area is 117 Å². The van der Waals surface area contributed by atoms with E-state index in [0.717, 1.165) is 18.7 Å². The molecule has 0 spiro atoms. The molecule has 4 nitrogen and oxygen atoms in total. The maximum Gasteiger partial charge on any atom is 0.156 e. The number of halogens is 2. The highest BCUT2D eigenvalue weighted by Crippen LogP contribution is 2.33. The maximum absolute atomic E-state index is 8.59. The molecule has 0 aliphatic heterocycles. The van der Waals surface area contributed by atoms with E-state index < -0.39 is 0 Å². The minimum absolute atomic E-state index is 0.156. The minimum Gasteiger partial charge on any atom is -0.494 e. The predicted molar refractivity (Wildman–Crippen MR) is 74.7 cm³/mol. The number of hydrogen-bond donors (Lipinski definition) is 3. The highest BCUT2D eigenvalue weighted by Gasteiger charge is 2.07. The summed E-state index contributed by atoms with van der Waals surface area (Å²) < 4.78 is 5.08. The van der Waals surface area contributed by atoms with Crippen LogP contribution in [0.3, 0.4) is 0 Å². The summed E-state index contributed by atoms with van der Waals surface area (Å²) in [5.74, 6) is 0.506. The zero-order valence-electron chi connectivity index (χ0n) is 10.3. The molecule has 0 amide bonds. The predicted octanol–water partition coefficient (Wildman–Crippen LogP) is 1.67. The second-order valence-electron chi connectivity index (χ2n) is 3.74. The van der Waals surface area contributed by atoms with Crippen molar-refractivity contribution in [3.8, 4) is 5.75 Å². The van der Waals surface area contributed by atoms with Gasteiger partial charge >= 0.3 is 0 Å². The van der Waals surface area contributed by atoms with Crippen LogP contribution in [0.15, 0.2) is 12.1 Å². The molecule has 0 aliphatic carbocycles. The quantitative estimate of drug-likeness (QED) is 0.638. The molecule has 3 N–H and O–H groups in total. The zero-order valence-corrected chi connectivity index (χ0v) is 11.8. The van der Waals surface area contributed by atoms with Crippen LogP contribution >= 0.6 is 23.2 Å². The molecule has 1 aromatic rings. The Balaban J connectivity index is 2.39. The van der Waals surface area contributed by atoms with E-state index in [2.05, 4.69) is 10.6 Å². The van der Waals surface area contributed by atoms with Gasteiger partial charge in [-0.25, -0.2) is 0 Å². The first-order valence-electron chi connectivity index (χ1n) is 5.73. The minimum atomic E-state index is 0.156. The molecule has 0 saturated heterocycles. The average Bonchev–Trinajstić information content (AvgIpc) is 2.33. The van der Waals surface area contributed by atoms with Crippen LogP contribution in [0.4, 0.5) is 0 Å². The van der Waals surface area contributed by atoms with Gasteiger partial charge in [-0.05, 0) is 17.7 Å². The lowest BCUT2D eigenvalue weighted by molar-refractivity contribution is 0.292. The summed E-state index contributed by atoms with van der Waals surface area (Å²) in [4.78, 5) is 0. The van der Waals surface area contributed by atoms with Crippen molar-refractivity contribution in [2.75, 3.05) is 33.4 Å². The molecule has 0 aromatic heterocycles. The van der Waals surface area contributed by atoms with Crippen LogP contribution in [-0.2, 0) is 6.54 Å². The van der Waals surface area contributed by atoms with Crippen LogP contribution in [0, 0.1) is 0 Å². The van der Waals surface area contributed by atoms with Crippen molar-refractivity contribution in [2.45, 2.75) is 6.54 Å². The Hall–Kier alpha value is -0.520. The Kier molecular flexibility index (Phi) is 7.39. The van der Waals surface area contributed by atoms with Crippen LogP contribution in [0.25, 0.3) is 0 Å². The van der Waals surface area contributed by atoms with Crippen LogP contribution in [0.1, 0.15) is 5.56 Å². The fraction of sp³-hybridized carbons (Fsp3) is 0.500. The molecular weight excluding hydrogens is 275 g/mol. The number of benzene rings is 1. The molecule has 102 valence electrons. The van der Waals surface area contributed by atoms with E-state index in [-0.39, 0.29) is 6.61 Å². The Morgan fingerprint density at radius 3 is 2.28 bits per heavy atom. The first-order valence-corrected chi connectivity index (χ1v) is 6.48. The van der Waals surface area contributed by atoms with Crippen LogP contribution in [-0.4, -0.2) is 38.5 Å². The topological polar surface area (TPSA) is 53.5 Å². The summed E-state index contributed by atoms with van der Waals surface area (Å²) >= 11 is 12.1. The van der Waals surface area contributed by atoms with E-state index >= 15 is 0 Å². The van der Waals surface area contributed by atoms with Crippen molar-refractivity contribution in [1.82, 2.24) is 10.6 Å². The second kappa shape index (κ2) is 8.56.